The molecule has 2 aromatic carbocycles. The summed E-state index contributed by atoms with van der Waals surface area (Å²) >= 11 is 0. The minimum atomic E-state index is -4.58. The number of nitrogens with zero attached hydrogens (tertiary/aromatic N) is 2. The van der Waals surface area contributed by atoms with Gasteiger partial charge in [-0.3, -0.25) is 14.3 Å². The van der Waals surface area contributed by atoms with Crippen LogP contribution in [0.15, 0.2) is 59.5 Å². The quantitative estimate of drug-likeness (QED) is 0.792. The second kappa shape index (κ2) is 6.39. The van der Waals surface area contributed by atoms with Gasteiger partial charge < -0.3 is 5.32 Å². The molecule has 1 N–H and O–H groups in total. The van der Waals surface area contributed by atoms with E-state index < -0.39 is 17.6 Å². The fourth-order valence-corrected chi connectivity index (χ4v) is 2.45. The summed E-state index contributed by atoms with van der Waals surface area (Å²) in [6, 6.07) is 11.3. The number of benzene rings is 2. The zero-order valence-corrected chi connectivity index (χ0v) is 12.7. The number of fused-ring (bicyclic) bond motifs is 1. The topological polar surface area (TPSA) is 64.0 Å². The Morgan fingerprint density at radius 3 is 2.52 bits per heavy atom. The Hall–Kier alpha value is -3.16. The number of amides is 1. The highest BCUT2D eigenvalue weighted by Gasteiger charge is 2.33. The maximum absolute atomic E-state index is 13.0. The first-order chi connectivity index (χ1) is 11.9. The number of alkyl halides is 3. The van der Waals surface area contributed by atoms with Crippen LogP contribution in [0, 0.1) is 0 Å². The summed E-state index contributed by atoms with van der Waals surface area (Å²) in [5.74, 6) is -0.682. The van der Waals surface area contributed by atoms with Gasteiger partial charge in [0.05, 0.1) is 23.0 Å². The Morgan fingerprint density at radius 2 is 1.76 bits per heavy atom. The lowest BCUT2D eigenvalue weighted by Crippen LogP contribution is -2.23. The van der Waals surface area contributed by atoms with Crippen molar-refractivity contribution in [3.05, 3.63) is 70.5 Å². The SMILES string of the molecule is O=C(Cn1ncc(=O)c2ccccc21)Nc1ccccc1C(F)(F)F. The maximum atomic E-state index is 13.0. The molecule has 1 heterocycles. The smallest absolute Gasteiger partial charge is 0.324 e. The number of hydrogen-bond acceptors (Lipinski definition) is 3. The van der Waals surface area contributed by atoms with E-state index in [9.17, 15) is 22.8 Å². The molecule has 3 aromatic rings. The van der Waals surface area contributed by atoms with E-state index in [-0.39, 0.29) is 17.7 Å². The van der Waals surface area contributed by atoms with Crippen molar-refractivity contribution in [2.24, 2.45) is 0 Å². The third-order valence-electron chi connectivity index (χ3n) is 3.56. The molecule has 3 rings (SSSR count). The van der Waals surface area contributed by atoms with Gasteiger partial charge in [0.15, 0.2) is 0 Å². The van der Waals surface area contributed by atoms with Crippen LogP contribution in [0.2, 0.25) is 0 Å². The van der Waals surface area contributed by atoms with Crippen LogP contribution >= 0.6 is 0 Å². The van der Waals surface area contributed by atoms with Gasteiger partial charge >= 0.3 is 6.18 Å². The summed E-state index contributed by atoms with van der Waals surface area (Å²) in [6.07, 6.45) is -3.51. The van der Waals surface area contributed by atoms with Crippen molar-refractivity contribution >= 4 is 22.5 Å². The lowest BCUT2D eigenvalue weighted by atomic mass is 10.1. The predicted octanol–water partition coefficient (Wildman–Crippen LogP) is 3.05. The van der Waals surface area contributed by atoms with Crippen LogP contribution in [-0.2, 0) is 17.5 Å². The molecule has 0 saturated carbocycles. The molecular formula is C17H12F3N3O2. The first-order valence-electron chi connectivity index (χ1n) is 7.27. The lowest BCUT2D eigenvalue weighted by Gasteiger charge is -2.14. The molecule has 0 aliphatic rings. The van der Waals surface area contributed by atoms with Crippen LogP contribution in [0.4, 0.5) is 18.9 Å². The average Bonchev–Trinajstić information content (AvgIpc) is 2.57. The van der Waals surface area contributed by atoms with Gasteiger partial charge in [-0.05, 0) is 24.3 Å². The van der Waals surface area contributed by atoms with Crippen molar-refractivity contribution in [2.75, 3.05) is 5.32 Å². The number of nitrogens with one attached hydrogen (secondary N) is 1. The molecule has 0 spiro atoms. The van der Waals surface area contributed by atoms with Crippen molar-refractivity contribution < 1.29 is 18.0 Å². The average molecular weight is 347 g/mol. The number of carbonyl (C=O) groups excluding carboxylic acids is 1. The Balaban J connectivity index is 1.88. The normalized spacial score (nSPS) is 11.5. The Morgan fingerprint density at radius 1 is 1.08 bits per heavy atom. The van der Waals surface area contributed by atoms with Gasteiger partial charge in [-0.15, -0.1) is 0 Å². The summed E-state index contributed by atoms with van der Waals surface area (Å²) in [5.41, 5.74) is -1.13. The minimum absolute atomic E-state index is 0.297. The van der Waals surface area contributed by atoms with Crippen LogP contribution in [0.25, 0.3) is 10.9 Å². The number of para-hydroxylation sites is 2. The highest BCUT2D eigenvalue weighted by Crippen LogP contribution is 2.34. The van der Waals surface area contributed by atoms with Gasteiger partial charge in [0.1, 0.15) is 6.54 Å². The van der Waals surface area contributed by atoms with Crippen LogP contribution in [0.1, 0.15) is 5.56 Å². The third-order valence-corrected chi connectivity index (χ3v) is 3.56. The molecule has 0 bridgehead atoms. The molecule has 0 atom stereocenters. The Bertz CT molecular complexity index is 996. The fourth-order valence-electron chi connectivity index (χ4n) is 2.45. The molecule has 0 unspecified atom stereocenters. The summed E-state index contributed by atoms with van der Waals surface area (Å²) in [5, 5.41) is 6.50. The number of hydrogen-bond donors (Lipinski definition) is 1. The van der Waals surface area contributed by atoms with E-state index in [0.29, 0.717) is 10.9 Å². The first kappa shape index (κ1) is 16.7. The molecule has 5 nitrogen and oxygen atoms in total. The molecule has 128 valence electrons. The minimum Gasteiger partial charge on any atom is -0.324 e. The molecule has 25 heavy (non-hydrogen) atoms. The second-order valence-corrected chi connectivity index (χ2v) is 5.28. The number of rotatable bonds is 3. The Kier molecular flexibility index (Phi) is 4.26. The molecule has 0 saturated heterocycles. The van der Waals surface area contributed by atoms with Gasteiger partial charge in [0.2, 0.25) is 11.3 Å². The lowest BCUT2D eigenvalue weighted by molar-refractivity contribution is -0.137. The highest BCUT2D eigenvalue weighted by atomic mass is 19.4. The predicted molar refractivity (Wildman–Crippen MR) is 86.1 cm³/mol. The van der Waals surface area contributed by atoms with Crippen LogP contribution < -0.4 is 10.7 Å². The van der Waals surface area contributed by atoms with Crippen molar-refractivity contribution in [3.8, 4) is 0 Å². The number of halogens is 3. The van der Waals surface area contributed by atoms with E-state index in [0.717, 1.165) is 12.3 Å². The molecular weight excluding hydrogens is 335 g/mol. The monoisotopic (exact) mass is 347 g/mol. The molecule has 0 radical (unpaired) electrons. The summed E-state index contributed by atoms with van der Waals surface area (Å²) in [6.45, 7) is -0.326. The molecule has 0 fully saturated rings. The zero-order valence-electron chi connectivity index (χ0n) is 12.7. The van der Waals surface area contributed by atoms with Crippen LogP contribution in [-0.4, -0.2) is 15.7 Å². The largest absolute Gasteiger partial charge is 0.418 e. The van der Waals surface area contributed by atoms with E-state index in [2.05, 4.69) is 10.4 Å². The molecule has 0 aliphatic carbocycles. The van der Waals surface area contributed by atoms with E-state index in [1.54, 1.807) is 24.3 Å². The summed E-state index contributed by atoms with van der Waals surface area (Å²) in [7, 11) is 0. The molecule has 0 aliphatic heterocycles. The van der Waals surface area contributed by atoms with E-state index >= 15 is 0 Å². The number of carbonyl (C=O) groups is 1. The number of anilines is 1. The summed E-state index contributed by atoms with van der Waals surface area (Å²) < 4.78 is 40.2. The van der Waals surface area contributed by atoms with Gasteiger partial charge in [-0.25, -0.2) is 0 Å². The second-order valence-electron chi connectivity index (χ2n) is 5.28. The van der Waals surface area contributed by atoms with Gasteiger partial charge in [0, 0.05) is 5.39 Å². The van der Waals surface area contributed by atoms with Gasteiger partial charge in [-0.1, -0.05) is 24.3 Å². The summed E-state index contributed by atoms with van der Waals surface area (Å²) in [4.78, 5) is 23.9. The van der Waals surface area contributed by atoms with Crippen molar-refractivity contribution in [1.82, 2.24) is 9.78 Å². The van der Waals surface area contributed by atoms with Gasteiger partial charge in [0.25, 0.3) is 0 Å². The fraction of sp³-hybridized carbons (Fsp3) is 0.118. The number of aromatic nitrogens is 2. The van der Waals surface area contributed by atoms with Crippen molar-refractivity contribution in [1.29, 1.82) is 0 Å². The van der Waals surface area contributed by atoms with Crippen LogP contribution in [0.3, 0.4) is 0 Å². The standard InChI is InChI=1S/C17H12F3N3O2/c18-17(19,20)12-6-2-3-7-13(12)22-16(25)10-23-14-8-4-1-5-11(14)15(24)9-21-23/h1-9H,10H2,(H,22,25). The Labute approximate surface area is 139 Å². The zero-order chi connectivity index (χ0) is 18.0. The molecule has 1 amide bonds. The van der Waals surface area contributed by atoms with E-state index in [1.807, 2.05) is 0 Å². The van der Waals surface area contributed by atoms with Gasteiger partial charge in [-0.2, -0.15) is 18.3 Å². The molecule has 1 aromatic heterocycles. The first-order valence-corrected chi connectivity index (χ1v) is 7.27. The van der Waals surface area contributed by atoms with Crippen LogP contribution in [0.5, 0.6) is 0 Å². The highest BCUT2D eigenvalue weighted by molar-refractivity contribution is 5.92. The van der Waals surface area contributed by atoms with E-state index in [1.165, 1.54) is 22.9 Å². The van der Waals surface area contributed by atoms with Crippen molar-refractivity contribution in [3.63, 3.8) is 0 Å². The maximum Gasteiger partial charge on any atom is 0.418 e. The van der Waals surface area contributed by atoms with E-state index in [4.69, 9.17) is 0 Å². The van der Waals surface area contributed by atoms with Crippen molar-refractivity contribution in [2.45, 2.75) is 12.7 Å². The molecule has 8 heteroatoms. The third kappa shape index (κ3) is 3.52.